The van der Waals surface area contributed by atoms with Crippen LogP contribution in [-0.4, -0.2) is 36.0 Å². The third-order valence-electron chi connectivity index (χ3n) is 2.87. The number of terminal acetylenes is 1. The van der Waals surface area contributed by atoms with Crippen LogP contribution in [0.1, 0.15) is 39.5 Å². The summed E-state index contributed by atoms with van der Waals surface area (Å²) in [6, 6.07) is 0.803. The van der Waals surface area contributed by atoms with E-state index in [0.29, 0.717) is 18.5 Å². The molecule has 3 nitrogen and oxygen atoms in total. The molecule has 0 bridgehead atoms. The van der Waals surface area contributed by atoms with Crippen LogP contribution < -0.4 is 5.32 Å². The Morgan fingerprint density at radius 2 is 2.00 bits per heavy atom. The Balaban J connectivity index is 2.27. The van der Waals surface area contributed by atoms with Gasteiger partial charge in [-0.1, -0.05) is 0 Å². The van der Waals surface area contributed by atoms with Crippen molar-refractivity contribution >= 4 is 5.91 Å². The summed E-state index contributed by atoms with van der Waals surface area (Å²) in [5.41, 5.74) is 0. The van der Waals surface area contributed by atoms with E-state index < -0.39 is 0 Å². The fraction of sp³-hybridized carbons (Fsp3) is 0.769. The number of piperazine rings is 1. The van der Waals surface area contributed by atoms with Gasteiger partial charge in [-0.25, -0.2) is 0 Å². The van der Waals surface area contributed by atoms with Crippen molar-refractivity contribution < 1.29 is 4.79 Å². The minimum atomic E-state index is 0.275. The van der Waals surface area contributed by atoms with E-state index in [1.165, 1.54) is 0 Å². The molecule has 2 atom stereocenters. The van der Waals surface area contributed by atoms with Gasteiger partial charge in [0.1, 0.15) is 0 Å². The van der Waals surface area contributed by atoms with Crippen LogP contribution in [0, 0.1) is 12.3 Å². The summed E-state index contributed by atoms with van der Waals surface area (Å²) in [5, 5.41) is 3.42. The molecule has 1 fully saturated rings. The van der Waals surface area contributed by atoms with Crippen molar-refractivity contribution in [3.05, 3.63) is 0 Å². The van der Waals surface area contributed by atoms with Crippen LogP contribution in [0.3, 0.4) is 0 Å². The first kappa shape index (κ1) is 13.1. The van der Waals surface area contributed by atoms with Gasteiger partial charge in [0, 0.05) is 38.0 Å². The molecule has 1 heterocycles. The van der Waals surface area contributed by atoms with Crippen LogP contribution in [-0.2, 0) is 4.79 Å². The summed E-state index contributed by atoms with van der Waals surface area (Å²) in [6.45, 7) is 5.90. The standard InChI is InChI=1S/C13H22N2O/c1-4-5-6-7-8-13(16)15-9-11(2)14-12(3)10-15/h1,11-12,14H,5-10H2,2-3H3. The summed E-state index contributed by atoms with van der Waals surface area (Å²) in [5.74, 6) is 2.88. The highest BCUT2D eigenvalue weighted by atomic mass is 16.2. The van der Waals surface area contributed by atoms with Gasteiger partial charge in [-0.3, -0.25) is 4.79 Å². The summed E-state index contributed by atoms with van der Waals surface area (Å²) in [7, 11) is 0. The van der Waals surface area contributed by atoms with Gasteiger partial charge in [0.2, 0.25) is 5.91 Å². The maximum Gasteiger partial charge on any atom is 0.222 e. The highest BCUT2D eigenvalue weighted by Gasteiger charge is 2.23. The third-order valence-corrected chi connectivity index (χ3v) is 2.87. The van der Waals surface area contributed by atoms with Crippen LogP contribution in [0.15, 0.2) is 0 Å². The fourth-order valence-electron chi connectivity index (χ4n) is 2.19. The molecule has 1 aliphatic rings. The molecule has 1 rings (SSSR count). The molecule has 0 spiro atoms. The van der Waals surface area contributed by atoms with Crippen molar-refractivity contribution in [3.8, 4) is 12.3 Å². The SMILES string of the molecule is C#CCCCCC(=O)N1CC(C)NC(C)C1. The van der Waals surface area contributed by atoms with Crippen LogP contribution in [0.5, 0.6) is 0 Å². The first-order chi connectivity index (χ1) is 7.63. The first-order valence-electron chi connectivity index (χ1n) is 6.10. The zero-order chi connectivity index (χ0) is 12.0. The molecule has 3 heteroatoms. The van der Waals surface area contributed by atoms with Gasteiger partial charge in [0.25, 0.3) is 0 Å². The van der Waals surface area contributed by atoms with Gasteiger partial charge >= 0.3 is 0 Å². The number of unbranched alkanes of at least 4 members (excludes halogenated alkanes) is 2. The number of hydrogen-bond acceptors (Lipinski definition) is 2. The van der Waals surface area contributed by atoms with E-state index in [-0.39, 0.29) is 5.91 Å². The van der Waals surface area contributed by atoms with Gasteiger partial charge in [0.15, 0.2) is 0 Å². The molecule has 2 unspecified atom stereocenters. The van der Waals surface area contributed by atoms with Crippen molar-refractivity contribution in [3.63, 3.8) is 0 Å². The predicted molar refractivity (Wildman–Crippen MR) is 65.9 cm³/mol. The fourth-order valence-corrected chi connectivity index (χ4v) is 2.19. The predicted octanol–water partition coefficient (Wildman–Crippen LogP) is 1.39. The molecule has 0 aromatic carbocycles. The number of nitrogens with zero attached hydrogens (tertiary/aromatic N) is 1. The minimum Gasteiger partial charge on any atom is -0.340 e. The van der Waals surface area contributed by atoms with Crippen LogP contribution in [0.4, 0.5) is 0 Å². The van der Waals surface area contributed by atoms with E-state index in [2.05, 4.69) is 25.1 Å². The molecular weight excluding hydrogens is 200 g/mol. The summed E-state index contributed by atoms with van der Waals surface area (Å²) >= 11 is 0. The van der Waals surface area contributed by atoms with Gasteiger partial charge < -0.3 is 10.2 Å². The lowest BCUT2D eigenvalue weighted by Gasteiger charge is -2.36. The van der Waals surface area contributed by atoms with Gasteiger partial charge in [-0.15, -0.1) is 12.3 Å². The molecule has 1 aliphatic heterocycles. The Labute approximate surface area is 98.6 Å². The molecule has 0 saturated carbocycles. The quantitative estimate of drug-likeness (QED) is 0.576. The topological polar surface area (TPSA) is 32.3 Å². The number of carbonyl (C=O) groups is 1. The number of nitrogens with one attached hydrogen (secondary N) is 1. The van der Waals surface area contributed by atoms with E-state index in [9.17, 15) is 4.79 Å². The lowest BCUT2D eigenvalue weighted by molar-refractivity contribution is -0.133. The zero-order valence-corrected chi connectivity index (χ0v) is 10.3. The smallest absolute Gasteiger partial charge is 0.222 e. The average molecular weight is 222 g/mol. The normalized spacial score (nSPS) is 25.2. The number of carbonyl (C=O) groups excluding carboxylic acids is 1. The molecule has 1 N–H and O–H groups in total. The molecule has 1 amide bonds. The lowest BCUT2D eigenvalue weighted by Crippen LogP contribution is -2.55. The number of hydrogen-bond donors (Lipinski definition) is 1. The van der Waals surface area contributed by atoms with E-state index in [4.69, 9.17) is 6.42 Å². The van der Waals surface area contributed by atoms with Crippen molar-refractivity contribution in [2.45, 2.75) is 51.6 Å². The minimum absolute atomic E-state index is 0.275. The number of amides is 1. The molecule has 90 valence electrons. The Kier molecular flexibility index (Phi) is 5.34. The Bertz CT molecular complexity index is 260. The highest BCUT2D eigenvalue weighted by Crippen LogP contribution is 2.08. The second-order valence-corrected chi connectivity index (χ2v) is 4.68. The lowest BCUT2D eigenvalue weighted by atomic mass is 10.1. The van der Waals surface area contributed by atoms with E-state index in [1.807, 2.05) is 4.90 Å². The molecule has 0 aromatic rings. The summed E-state index contributed by atoms with van der Waals surface area (Å²) in [6.07, 6.45) is 8.46. The van der Waals surface area contributed by atoms with Crippen molar-refractivity contribution in [1.29, 1.82) is 0 Å². The summed E-state index contributed by atoms with van der Waals surface area (Å²) in [4.78, 5) is 13.9. The molecule has 0 aromatic heterocycles. The van der Waals surface area contributed by atoms with E-state index >= 15 is 0 Å². The highest BCUT2D eigenvalue weighted by molar-refractivity contribution is 5.76. The van der Waals surface area contributed by atoms with Gasteiger partial charge in [0.05, 0.1) is 0 Å². The van der Waals surface area contributed by atoms with Crippen molar-refractivity contribution in [1.82, 2.24) is 10.2 Å². The zero-order valence-electron chi connectivity index (χ0n) is 10.3. The van der Waals surface area contributed by atoms with E-state index in [1.54, 1.807) is 0 Å². The largest absolute Gasteiger partial charge is 0.340 e. The molecule has 16 heavy (non-hydrogen) atoms. The van der Waals surface area contributed by atoms with Crippen LogP contribution in [0.25, 0.3) is 0 Å². The third kappa shape index (κ3) is 4.24. The average Bonchev–Trinajstić information content (AvgIpc) is 2.22. The Hall–Kier alpha value is -1.01. The van der Waals surface area contributed by atoms with Crippen LogP contribution >= 0.6 is 0 Å². The Morgan fingerprint density at radius 3 is 2.56 bits per heavy atom. The van der Waals surface area contributed by atoms with Crippen molar-refractivity contribution in [2.24, 2.45) is 0 Å². The molecule has 0 aliphatic carbocycles. The van der Waals surface area contributed by atoms with Gasteiger partial charge in [-0.05, 0) is 26.7 Å². The van der Waals surface area contributed by atoms with Crippen LogP contribution in [0.2, 0.25) is 0 Å². The second-order valence-electron chi connectivity index (χ2n) is 4.68. The van der Waals surface area contributed by atoms with E-state index in [0.717, 1.165) is 32.4 Å². The molecule has 0 radical (unpaired) electrons. The maximum atomic E-state index is 11.9. The number of rotatable bonds is 4. The van der Waals surface area contributed by atoms with Gasteiger partial charge in [-0.2, -0.15) is 0 Å². The Morgan fingerprint density at radius 1 is 1.38 bits per heavy atom. The van der Waals surface area contributed by atoms with Crippen molar-refractivity contribution in [2.75, 3.05) is 13.1 Å². The summed E-state index contributed by atoms with van der Waals surface area (Å²) < 4.78 is 0. The molecular formula is C13H22N2O. The first-order valence-corrected chi connectivity index (χ1v) is 6.10. The maximum absolute atomic E-state index is 11.9. The second kappa shape index (κ2) is 6.55. The monoisotopic (exact) mass is 222 g/mol. The molecule has 1 saturated heterocycles.